The molecule has 10 heteroatoms. The van der Waals surface area contributed by atoms with E-state index in [0.717, 1.165) is 54.8 Å². The highest BCUT2D eigenvalue weighted by atomic mass is 35.5. The number of halogens is 4. The first-order chi connectivity index (χ1) is 16.9. The minimum atomic E-state index is 0. The number of ether oxygens (including phenoxy) is 2. The van der Waals surface area contributed by atoms with Crippen molar-refractivity contribution >= 4 is 76.9 Å². The summed E-state index contributed by atoms with van der Waals surface area (Å²) in [6, 6.07) is 9.50. The molecule has 1 atom stereocenters. The van der Waals surface area contributed by atoms with Gasteiger partial charge in [-0.3, -0.25) is 0 Å². The predicted octanol–water partition coefficient (Wildman–Crippen LogP) is 7.89. The first-order valence-electron chi connectivity index (χ1n) is 11.9. The van der Waals surface area contributed by atoms with Crippen LogP contribution in [0, 0.1) is 0 Å². The van der Waals surface area contributed by atoms with Crippen LogP contribution in [0.1, 0.15) is 45.0 Å². The van der Waals surface area contributed by atoms with Gasteiger partial charge in [0.15, 0.2) is 17.3 Å². The van der Waals surface area contributed by atoms with Crippen molar-refractivity contribution in [3.05, 3.63) is 51.8 Å². The monoisotopic (exact) mass is 588 g/mol. The number of fused-ring (bicyclic) bond motifs is 1. The smallest absolute Gasteiger partial charge is 0.162 e. The second kappa shape index (κ2) is 16.1. The Bertz CT molecular complexity index is 1170. The van der Waals surface area contributed by atoms with Crippen LogP contribution in [-0.4, -0.2) is 54.8 Å². The number of nitrogens with zero attached hydrogens (tertiary/aromatic N) is 3. The van der Waals surface area contributed by atoms with Gasteiger partial charge in [0.25, 0.3) is 0 Å². The van der Waals surface area contributed by atoms with Crippen molar-refractivity contribution in [2.45, 2.75) is 39.7 Å². The molecule has 0 saturated heterocycles. The van der Waals surface area contributed by atoms with E-state index in [-0.39, 0.29) is 30.9 Å². The quantitative estimate of drug-likeness (QED) is 0.232. The van der Waals surface area contributed by atoms with Crippen LogP contribution in [0.25, 0.3) is 23.1 Å². The van der Waals surface area contributed by atoms with Crippen molar-refractivity contribution in [3.63, 3.8) is 0 Å². The number of hydrogen-bond donors (Lipinski definition) is 1. The molecular formula is C27H36Cl4N4O2. The van der Waals surface area contributed by atoms with Crippen LogP contribution in [0.3, 0.4) is 0 Å². The zero-order chi connectivity index (χ0) is 25.4. The average molecular weight is 590 g/mol. The number of benzene rings is 2. The van der Waals surface area contributed by atoms with Gasteiger partial charge in [0.1, 0.15) is 5.82 Å². The zero-order valence-corrected chi connectivity index (χ0v) is 25.0. The van der Waals surface area contributed by atoms with Crippen LogP contribution in [0.2, 0.25) is 10.0 Å². The lowest BCUT2D eigenvalue weighted by Gasteiger charge is -2.20. The van der Waals surface area contributed by atoms with E-state index in [4.69, 9.17) is 42.6 Å². The lowest BCUT2D eigenvalue weighted by atomic mass is 10.1. The van der Waals surface area contributed by atoms with Crippen LogP contribution in [0.4, 0.5) is 5.82 Å². The molecule has 0 aliphatic rings. The molecule has 0 saturated carbocycles. The summed E-state index contributed by atoms with van der Waals surface area (Å²) in [7, 11) is 3.17. The van der Waals surface area contributed by atoms with Crippen molar-refractivity contribution in [2.24, 2.45) is 0 Å². The van der Waals surface area contributed by atoms with E-state index < -0.39 is 0 Å². The standard InChI is InChI=1S/C27H34Cl2N4O2.2ClH/c1-6-33(7-2)14-8-9-18(3)30-27-21-12-11-20(28)16-23(21)31-26(32-27)13-10-19-15-24(34-4)25(35-5)17-22(19)29;;/h10-13,15-18H,6-9,14H2,1-5H3,(H,30,31,32);2*1H/b13-10+;;. The predicted molar refractivity (Wildman–Crippen MR) is 163 cm³/mol. The Balaban J connectivity index is 0.00000342. The fourth-order valence-electron chi connectivity index (χ4n) is 3.93. The molecule has 1 aromatic heterocycles. The van der Waals surface area contributed by atoms with Crippen LogP contribution in [-0.2, 0) is 0 Å². The molecule has 0 aliphatic heterocycles. The molecule has 0 spiro atoms. The molecule has 3 aromatic rings. The van der Waals surface area contributed by atoms with Crippen LogP contribution in [0.5, 0.6) is 11.5 Å². The van der Waals surface area contributed by atoms with Gasteiger partial charge in [-0.25, -0.2) is 9.97 Å². The fourth-order valence-corrected chi connectivity index (χ4v) is 4.32. The highest BCUT2D eigenvalue weighted by Gasteiger charge is 2.12. The molecule has 3 rings (SSSR count). The number of rotatable bonds is 12. The maximum atomic E-state index is 6.45. The molecule has 2 aromatic carbocycles. The van der Waals surface area contributed by atoms with E-state index >= 15 is 0 Å². The van der Waals surface area contributed by atoms with Crippen molar-refractivity contribution in [2.75, 3.05) is 39.2 Å². The van der Waals surface area contributed by atoms with Crippen molar-refractivity contribution in [1.29, 1.82) is 0 Å². The Hall–Kier alpha value is -1.96. The molecule has 1 N–H and O–H groups in total. The fraction of sp³-hybridized carbons (Fsp3) is 0.407. The minimum absolute atomic E-state index is 0. The second-order valence-electron chi connectivity index (χ2n) is 8.37. The molecule has 0 radical (unpaired) electrons. The van der Waals surface area contributed by atoms with Gasteiger partial charge in [-0.2, -0.15) is 0 Å². The highest BCUT2D eigenvalue weighted by Crippen LogP contribution is 2.34. The molecule has 1 unspecified atom stereocenters. The van der Waals surface area contributed by atoms with E-state index in [2.05, 4.69) is 31.0 Å². The van der Waals surface area contributed by atoms with E-state index in [1.54, 1.807) is 20.3 Å². The first kappa shape index (κ1) is 33.1. The van der Waals surface area contributed by atoms with Gasteiger partial charge in [0.05, 0.1) is 24.8 Å². The van der Waals surface area contributed by atoms with Crippen LogP contribution >= 0.6 is 48.0 Å². The molecule has 0 aliphatic carbocycles. The third-order valence-electron chi connectivity index (χ3n) is 5.98. The van der Waals surface area contributed by atoms with Gasteiger partial charge in [-0.05, 0) is 81.4 Å². The highest BCUT2D eigenvalue weighted by molar-refractivity contribution is 6.32. The summed E-state index contributed by atoms with van der Waals surface area (Å²) in [6.45, 7) is 9.84. The maximum Gasteiger partial charge on any atom is 0.162 e. The molecule has 204 valence electrons. The van der Waals surface area contributed by atoms with Gasteiger partial charge in [-0.1, -0.05) is 37.0 Å². The summed E-state index contributed by atoms with van der Waals surface area (Å²) in [5, 5.41) is 5.70. The summed E-state index contributed by atoms with van der Waals surface area (Å²) < 4.78 is 10.7. The summed E-state index contributed by atoms with van der Waals surface area (Å²) in [6.07, 6.45) is 5.87. The van der Waals surface area contributed by atoms with Crippen LogP contribution in [0.15, 0.2) is 30.3 Å². The SMILES string of the molecule is CCN(CC)CCCC(C)Nc1nc(/C=C/c2cc(OC)c(OC)cc2Cl)nc2cc(Cl)ccc12.Cl.Cl. The number of methoxy groups -OCH3 is 2. The molecule has 6 nitrogen and oxygen atoms in total. The third kappa shape index (κ3) is 9.08. The van der Waals surface area contributed by atoms with E-state index in [1.807, 2.05) is 36.4 Å². The Morgan fingerprint density at radius 1 is 0.973 bits per heavy atom. The molecule has 0 amide bonds. The lowest BCUT2D eigenvalue weighted by molar-refractivity contribution is 0.295. The number of hydrogen-bond acceptors (Lipinski definition) is 6. The van der Waals surface area contributed by atoms with E-state index in [1.165, 1.54) is 0 Å². The van der Waals surface area contributed by atoms with Crippen molar-refractivity contribution in [1.82, 2.24) is 14.9 Å². The van der Waals surface area contributed by atoms with Gasteiger partial charge in [0, 0.05) is 22.5 Å². The van der Waals surface area contributed by atoms with Crippen LogP contribution < -0.4 is 14.8 Å². The summed E-state index contributed by atoms with van der Waals surface area (Å²) in [4.78, 5) is 12.0. The van der Waals surface area contributed by atoms with E-state index in [9.17, 15) is 0 Å². The maximum absolute atomic E-state index is 6.45. The summed E-state index contributed by atoms with van der Waals surface area (Å²) >= 11 is 12.7. The Morgan fingerprint density at radius 2 is 1.65 bits per heavy atom. The lowest BCUT2D eigenvalue weighted by Crippen LogP contribution is -2.25. The zero-order valence-electron chi connectivity index (χ0n) is 21.9. The van der Waals surface area contributed by atoms with Crippen molar-refractivity contribution in [3.8, 4) is 11.5 Å². The normalized spacial score (nSPS) is 11.8. The molecule has 37 heavy (non-hydrogen) atoms. The second-order valence-corrected chi connectivity index (χ2v) is 9.21. The first-order valence-corrected chi connectivity index (χ1v) is 12.7. The Kier molecular flexibility index (Phi) is 14.4. The number of aromatic nitrogens is 2. The molecule has 1 heterocycles. The average Bonchev–Trinajstić information content (AvgIpc) is 2.85. The Labute approximate surface area is 242 Å². The summed E-state index contributed by atoms with van der Waals surface area (Å²) in [5.74, 6) is 2.53. The molecule has 0 fully saturated rings. The number of nitrogens with one attached hydrogen (secondary N) is 1. The van der Waals surface area contributed by atoms with Gasteiger partial charge in [-0.15, -0.1) is 24.8 Å². The van der Waals surface area contributed by atoms with E-state index in [0.29, 0.717) is 27.4 Å². The Morgan fingerprint density at radius 3 is 2.30 bits per heavy atom. The third-order valence-corrected chi connectivity index (χ3v) is 6.54. The molecule has 0 bridgehead atoms. The number of anilines is 1. The van der Waals surface area contributed by atoms with Gasteiger partial charge >= 0.3 is 0 Å². The minimum Gasteiger partial charge on any atom is -0.493 e. The largest absolute Gasteiger partial charge is 0.493 e. The van der Waals surface area contributed by atoms with Gasteiger partial charge < -0.3 is 19.7 Å². The van der Waals surface area contributed by atoms with Crippen molar-refractivity contribution < 1.29 is 9.47 Å². The summed E-state index contributed by atoms with van der Waals surface area (Å²) in [5.41, 5.74) is 1.56. The van der Waals surface area contributed by atoms with Gasteiger partial charge in [0.2, 0.25) is 0 Å². The molecular weight excluding hydrogens is 554 g/mol. The topological polar surface area (TPSA) is 59.5 Å².